The summed E-state index contributed by atoms with van der Waals surface area (Å²) in [6, 6.07) is 9.37. The van der Waals surface area contributed by atoms with Crippen LogP contribution in [0.5, 0.6) is 11.5 Å². The summed E-state index contributed by atoms with van der Waals surface area (Å²) >= 11 is 7.03. The molecule has 1 saturated heterocycles. The SMILES string of the molecule is COC1(c2ccc(/C=C/C(=O)O)c(OCc3ccc(OP(=O)([O-])O)cc3)c2Cl)OOC12C1CC3CC(C1)CC2C3.[Na+]. The van der Waals surface area contributed by atoms with E-state index in [2.05, 4.69) is 4.52 Å². The van der Waals surface area contributed by atoms with Crippen LogP contribution in [-0.4, -0.2) is 28.7 Å². The van der Waals surface area contributed by atoms with Crippen molar-refractivity contribution in [2.45, 2.75) is 50.1 Å². The summed E-state index contributed by atoms with van der Waals surface area (Å²) in [6.07, 6.45) is 7.89. The first-order valence-electron chi connectivity index (χ1n) is 13.2. The minimum Gasteiger partial charge on any atom is -0.746 e. The second-order valence-electron chi connectivity index (χ2n) is 11.1. The molecular weight excluding hydrogens is 586 g/mol. The van der Waals surface area contributed by atoms with Crippen LogP contribution in [0.2, 0.25) is 5.02 Å². The second-order valence-corrected chi connectivity index (χ2v) is 12.6. The van der Waals surface area contributed by atoms with Crippen molar-refractivity contribution in [3.8, 4) is 11.5 Å². The molecule has 0 radical (unpaired) electrons. The van der Waals surface area contributed by atoms with Gasteiger partial charge in [0.1, 0.15) is 18.1 Å². The Bertz CT molecular complexity index is 1360. The van der Waals surface area contributed by atoms with Crippen molar-refractivity contribution in [3.05, 3.63) is 64.2 Å². The van der Waals surface area contributed by atoms with Crippen molar-refractivity contribution in [2.75, 3.05) is 7.11 Å². The average molecular weight is 615 g/mol. The van der Waals surface area contributed by atoms with E-state index in [0.717, 1.165) is 31.8 Å². The van der Waals surface area contributed by atoms with E-state index in [9.17, 15) is 19.4 Å². The molecule has 1 aliphatic heterocycles. The summed E-state index contributed by atoms with van der Waals surface area (Å²) in [5.74, 6) is -0.253. The third-order valence-corrected chi connectivity index (χ3v) is 9.68. The maximum atomic E-state index is 11.3. The Morgan fingerprint density at radius 1 is 1.10 bits per heavy atom. The predicted molar refractivity (Wildman–Crippen MR) is 140 cm³/mol. The molecule has 0 aromatic heterocycles. The van der Waals surface area contributed by atoms with Crippen LogP contribution in [0.25, 0.3) is 6.08 Å². The zero-order valence-electron chi connectivity index (χ0n) is 22.7. The Kier molecular flexibility index (Phi) is 8.76. The Hall–Kier alpha value is -1.43. The number of rotatable bonds is 9. The number of hydrogen-bond acceptors (Lipinski definition) is 8. The van der Waals surface area contributed by atoms with E-state index in [1.165, 1.54) is 24.6 Å². The predicted octanol–water partition coefficient (Wildman–Crippen LogP) is 1.82. The van der Waals surface area contributed by atoms with Crippen molar-refractivity contribution in [3.63, 3.8) is 0 Å². The third kappa shape index (κ3) is 5.42. The monoisotopic (exact) mass is 614 g/mol. The van der Waals surface area contributed by atoms with E-state index in [1.807, 2.05) is 0 Å². The fourth-order valence-electron chi connectivity index (χ4n) is 7.53. The summed E-state index contributed by atoms with van der Waals surface area (Å²) < 4.78 is 27.7. The smallest absolute Gasteiger partial charge is 0.746 e. The van der Waals surface area contributed by atoms with E-state index in [1.54, 1.807) is 31.4 Å². The number of carboxylic acids is 1. The Balaban J connectivity index is 0.00000337. The molecule has 1 spiro atoms. The number of phosphoric acid groups is 1. The van der Waals surface area contributed by atoms with Crippen LogP contribution in [0.3, 0.4) is 0 Å². The van der Waals surface area contributed by atoms with Gasteiger partial charge in [-0.05, 0) is 79.5 Å². The van der Waals surface area contributed by atoms with Crippen LogP contribution in [0.1, 0.15) is 48.8 Å². The molecule has 0 amide bonds. The van der Waals surface area contributed by atoms with Crippen LogP contribution in [-0.2, 0) is 36.3 Å². The second kappa shape index (κ2) is 11.6. The zero-order chi connectivity index (χ0) is 28.3. The molecule has 2 aromatic carbocycles. The number of methoxy groups -OCH3 is 1. The van der Waals surface area contributed by atoms with Gasteiger partial charge in [-0.2, -0.15) is 4.89 Å². The number of ether oxygens (including phenoxy) is 2. The van der Waals surface area contributed by atoms with Gasteiger partial charge in [-0.1, -0.05) is 35.9 Å². The van der Waals surface area contributed by atoms with Crippen molar-refractivity contribution < 1.29 is 77.6 Å². The molecule has 10 nitrogen and oxygen atoms in total. The van der Waals surface area contributed by atoms with Crippen molar-refractivity contribution in [2.24, 2.45) is 23.7 Å². The number of hydrogen-bond donors (Lipinski definition) is 2. The maximum Gasteiger partial charge on any atom is 1.00 e. The van der Waals surface area contributed by atoms with Crippen LogP contribution in [0.15, 0.2) is 42.5 Å². The van der Waals surface area contributed by atoms with Crippen LogP contribution < -0.4 is 43.7 Å². The molecule has 13 heteroatoms. The van der Waals surface area contributed by atoms with Gasteiger partial charge in [-0.25, -0.2) is 9.68 Å². The van der Waals surface area contributed by atoms with Gasteiger partial charge in [0, 0.05) is 24.3 Å². The van der Waals surface area contributed by atoms with E-state index in [0.29, 0.717) is 28.5 Å². The molecule has 4 aliphatic carbocycles. The molecule has 4 saturated carbocycles. The normalized spacial score (nSPS) is 32.8. The summed E-state index contributed by atoms with van der Waals surface area (Å²) in [7, 11) is -3.34. The standard InChI is InChI=1S/C28H30ClO10P.Na/c1-35-28(27(38-39-28)20-11-17-10-18(13-20)14-21(27)12-17)23-8-4-19(5-9-24(30)31)26(25(23)29)36-15-16-2-6-22(7-3-16)37-40(32,33)34;/h2-9,17-18,20-21H,10-15H2,1H3,(H,30,31)(H2,32,33,34);/q;+1/p-1/b9-5+;. The van der Waals surface area contributed by atoms with E-state index >= 15 is 0 Å². The first-order chi connectivity index (χ1) is 19.0. The van der Waals surface area contributed by atoms with Gasteiger partial charge in [0.15, 0.2) is 5.60 Å². The number of phosphoric ester groups is 1. The van der Waals surface area contributed by atoms with Gasteiger partial charge >= 0.3 is 43.3 Å². The summed E-state index contributed by atoms with van der Waals surface area (Å²) in [6.45, 7) is 0.0165. The molecule has 214 valence electrons. The first-order valence-corrected chi connectivity index (χ1v) is 15.0. The van der Waals surface area contributed by atoms with Gasteiger partial charge < -0.3 is 28.9 Å². The van der Waals surface area contributed by atoms with Gasteiger partial charge in [0.2, 0.25) is 0 Å². The first kappa shape index (κ1) is 31.0. The number of halogens is 1. The Labute approximate surface area is 264 Å². The molecule has 2 atom stereocenters. The molecule has 2 unspecified atom stereocenters. The molecular formula is C28H29ClNaO10P. The van der Waals surface area contributed by atoms with Gasteiger partial charge in [0.25, 0.3) is 5.79 Å². The number of benzene rings is 2. The topological polar surface area (TPSA) is 144 Å². The number of carbonyl (C=O) groups is 1. The largest absolute Gasteiger partial charge is 1.00 e. The minimum absolute atomic E-state index is 0. The van der Waals surface area contributed by atoms with E-state index < -0.39 is 25.2 Å². The molecule has 41 heavy (non-hydrogen) atoms. The summed E-state index contributed by atoms with van der Waals surface area (Å²) in [5.41, 5.74) is 0.964. The molecule has 7 rings (SSSR count). The number of aliphatic carboxylic acids is 1. The van der Waals surface area contributed by atoms with Crippen LogP contribution in [0, 0.1) is 23.7 Å². The fraction of sp³-hybridized carbons (Fsp3) is 0.464. The van der Waals surface area contributed by atoms with Gasteiger partial charge in [-0.3, -0.25) is 4.57 Å². The number of carboxylic acid groups (broad SMARTS) is 1. The Morgan fingerprint density at radius 3 is 2.24 bits per heavy atom. The molecule has 2 N–H and O–H groups in total. The summed E-state index contributed by atoms with van der Waals surface area (Å²) in [5, 5.41) is 9.43. The molecule has 5 aliphatic rings. The minimum atomic E-state index is -4.93. The quantitative estimate of drug-likeness (QED) is 0.186. The Morgan fingerprint density at radius 2 is 1.73 bits per heavy atom. The van der Waals surface area contributed by atoms with Gasteiger partial charge in [0.05, 0.1) is 5.02 Å². The third-order valence-electron chi connectivity index (χ3n) is 8.86. The summed E-state index contributed by atoms with van der Waals surface area (Å²) in [4.78, 5) is 43.1. The van der Waals surface area contributed by atoms with Crippen molar-refractivity contribution in [1.82, 2.24) is 0 Å². The van der Waals surface area contributed by atoms with Crippen molar-refractivity contribution >= 4 is 31.5 Å². The van der Waals surface area contributed by atoms with E-state index in [4.69, 9.17) is 35.7 Å². The zero-order valence-corrected chi connectivity index (χ0v) is 26.3. The van der Waals surface area contributed by atoms with Gasteiger partial charge in [-0.15, -0.1) is 0 Å². The fourth-order valence-corrected chi connectivity index (χ4v) is 8.27. The molecule has 1 heterocycles. The molecule has 4 bridgehead atoms. The van der Waals surface area contributed by atoms with Crippen LogP contribution in [0.4, 0.5) is 0 Å². The van der Waals surface area contributed by atoms with E-state index in [-0.39, 0.29) is 64.5 Å². The molecule has 5 fully saturated rings. The van der Waals surface area contributed by atoms with Crippen molar-refractivity contribution in [1.29, 1.82) is 0 Å². The maximum absolute atomic E-state index is 11.3. The van der Waals surface area contributed by atoms with Crippen LogP contribution >= 0.6 is 19.4 Å². The average Bonchev–Trinajstić information content (AvgIpc) is 2.87. The molecule has 2 aromatic rings.